The first-order chi connectivity index (χ1) is 8.70. The van der Waals surface area contributed by atoms with Gasteiger partial charge in [0.1, 0.15) is 0 Å². The van der Waals surface area contributed by atoms with Gasteiger partial charge in [0.25, 0.3) is 0 Å². The van der Waals surface area contributed by atoms with E-state index in [9.17, 15) is 4.79 Å². The van der Waals surface area contributed by atoms with E-state index in [1.807, 2.05) is 43.3 Å². The number of hydrogen-bond acceptors (Lipinski definition) is 3. The Kier molecular flexibility index (Phi) is 3.57. The number of ether oxygens (including phenoxy) is 1. The van der Waals surface area contributed by atoms with Crippen LogP contribution in [0.25, 0.3) is 10.8 Å². The van der Waals surface area contributed by atoms with E-state index in [2.05, 4.69) is 21.3 Å². The highest BCUT2D eigenvalue weighted by Crippen LogP contribution is 2.15. The van der Waals surface area contributed by atoms with Gasteiger partial charge >= 0.3 is 6.09 Å². The molecule has 0 aliphatic rings. The maximum absolute atomic E-state index is 10.9. The highest BCUT2D eigenvalue weighted by atomic mass is 16.5. The van der Waals surface area contributed by atoms with Gasteiger partial charge < -0.3 is 4.74 Å². The predicted octanol–water partition coefficient (Wildman–Crippen LogP) is 2.92. The normalized spacial score (nSPS) is 11.3. The zero-order valence-corrected chi connectivity index (χ0v) is 10.3. The fourth-order valence-corrected chi connectivity index (χ4v) is 1.65. The van der Waals surface area contributed by atoms with Crippen LogP contribution in [0.2, 0.25) is 0 Å². The van der Waals surface area contributed by atoms with Crippen molar-refractivity contribution in [3.8, 4) is 0 Å². The molecule has 0 fully saturated rings. The lowest BCUT2D eigenvalue weighted by atomic mass is 10.0. The fraction of sp³-hybridized carbons (Fsp3) is 0.143. The monoisotopic (exact) mass is 242 g/mol. The minimum atomic E-state index is -0.574. The first-order valence-electron chi connectivity index (χ1n) is 5.58. The third-order valence-corrected chi connectivity index (χ3v) is 2.67. The van der Waals surface area contributed by atoms with Gasteiger partial charge in [0.05, 0.1) is 12.8 Å². The molecule has 4 nitrogen and oxygen atoms in total. The lowest BCUT2D eigenvalue weighted by molar-refractivity contribution is 0.171. The van der Waals surface area contributed by atoms with Crippen LogP contribution >= 0.6 is 0 Å². The highest BCUT2D eigenvalue weighted by molar-refractivity contribution is 6.02. The van der Waals surface area contributed by atoms with Crippen molar-refractivity contribution in [3.63, 3.8) is 0 Å². The summed E-state index contributed by atoms with van der Waals surface area (Å²) in [6, 6.07) is 14.1. The van der Waals surface area contributed by atoms with Gasteiger partial charge in [-0.25, -0.2) is 10.2 Å². The van der Waals surface area contributed by atoms with Gasteiger partial charge in [-0.05, 0) is 29.3 Å². The number of nitrogens with one attached hydrogen (secondary N) is 1. The molecule has 0 saturated carbocycles. The first kappa shape index (κ1) is 12.1. The molecule has 1 N–H and O–H groups in total. The zero-order valence-electron chi connectivity index (χ0n) is 10.3. The minimum absolute atomic E-state index is 0.574. The molecule has 0 aromatic heterocycles. The molecular formula is C14H14N2O2. The van der Waals surface area contributed by atoms with Gasteiger partial charge in [0.2, 0.25) is 0 Å². The number of carbonyl (C=O) groups excluding carboxylic acids is 1. The number of benzene rings is 2. The summed E-state index contributed by atoms with van der Waals surface area (Å²) in [5, 5.41) is 6.28. The summed E-state index contributed by atoms with van der Waals surface area (Å²) < 4.78 is 4.45. The molecular weight excluding hydrogens is 228 g/mol. The van der Waals surface area contributed by atoms with Gasteiger partial charge in [-0.3, -0.25) is 0 Å². The molecule has 0 radical (unpaired) electrons. The van der Waals surface area contributed by atoms with Crippen LogP contribution in [-0.4, -0.2) is 18.9 Å². The molecule has 0 spiro atoms. The fourth-order valence-electron chi connectivity index (χ4n) is 1.65. The predicted molar refractivity (Wildman–Crippen MR) is 71.7 cm³/mol. The van der Waals surface area contributed by atoms with Crippen molar-refractivity contribution in [3.05, 3.63) is 48.0 Å². The molecule has 0 aliphatic carbocycles. The number of nitrogens with zero attached hydrogens (tertiary/aromatic N) is 1. The number of methoxy groups -OCH3 is 1. The summed E-state index contributed by atoms with van der Waals surface area (Å²) in [5.41, 5.74) is 4.00. The smallest absolute Gasteiger partial charge is 0.427 e. The Morgan fingerprint density at radius 1 is 1.17 bits per heavy atom. The largest absolute Gasteiger partial charge is 0.452 e. The molecule has 18 heavy (non-hydrogen) atoms. The molecule has 0 aliphatic heterocycles. The molecule has 2 aromatic rings. The van der Waals surface area contributed by atoms with E-state index in [0.717, 1.165) is 16.7 Å². The molecule has 2 rings (SSSR count). The summed E-state index contributed by atoms with van der Waals surface area (Å²) >= 11 is 0. The maximum atomic E-state index is 10.9. The van der Waals surface area contributed by atoms with Crippen molar-refractivity contribution >= 4 is 22.6 Å². The first-order valence-corrected chi connectivity index (χ1v) is 5.58. The van der Waals surface area contributed by atoms with Gasteiger partial charge in [-0.15, -0.1) is 0 Å². The quantitative estimate of drug-likeness (QED) is 0.650. The molecule has 0 atom stereocenters. The Bertz CT molecular complexity index is 606. The molecule has 0 unspecified atom stereocenters. The number of hydrazone groups is 1. The topological polar surface area (TPSA) is 50.7 Å². The number of carbonyl (C=O) groups is 1. The van der Waals surface area contributed by atoms with Crippen molar-refractivity contribution in [2.24, 2.45) is 5.10 Å². The van der Waals surface area contributed by atoms with Crippen LogP contribution in [0, 0.1) is 0 Å². The van der Waals surface area contributed by atoms with E-state index >= 15 is 0 Å². The molecule has 2 aromatic carbocycles. The van der Waals surface area contributed by atoms with Crippen LogP contribution < -0.4 is 5.43 Å². The summed E-state index contributed by atoms with van der Waals surface area (Å²) in [7, 11) is 1.30. The van der Waals surface area contributed by atoms with E-state index in [0.29, 0.717) is 0 Å². The van der Waals surface area contributed by atoms with Crippen molar-refractivity contribution in [2.45, 2.75) is 6.92 Å². The molecule has 0 bridgehead atoms. The van der Waals surface area contributed by atoms with E-state index in [-0.39, 0.29) is 0 Å². The van der Waals surface area contributed by atoms with Crippen LogP contribution in [0.3, 0.4) is 0 Å². The van der Waals surface area contributed by atoms with E-state index in [1.54, 1.807) is 0 Å². The second-order valence-corrected chi connectivity index (χ2v) is 3.86. The van der Waals surface area contributed by atoms with Crippen LogP contribution in [0.1, 0.15) is 12.5 Å². The van der Waals surface area contributed by atoms with Gasteiger partial charge in [-0.1, -0.05) is 36.4 Å². The van der Waals surface area contributed by atoms with Gasteiger partial charge in [-0.2, -0.15) is 5.10 Å². The molecule has 1 amide bonds. The summed E-state index contributed by atoms with van der Waals surface area (Å²) in [5.74, 6) is 0. The van der Waals surface area contributed by atoms with Crippen molar-refractivity contribution in [1.29, 1.82) is 0 Å². The second kappa shape index (κ2) is 5.31. The third kappa shape index (κ3) is 2.66. The second-order valence-electron chi connectivity index (χ2n) is 3.86. The van der Waals surface area contributed by atoms with Crippen LogP contribution in [0.4, 0.5) is 4.79 Å². The van der Waals surface area contributed by atoms with E-state index < -0.39 is 6.09 Å². The molecule has 92 valence electrons. The number of fused-ring (bicyclic) bond motifs is 1. The minimum Gasteiger partial charge on any atom is -0.452 e. The zero-order chi connectivity index (χ0) is 13.0. The van der Waals surface area contributed by atoms with Gasteiger partial charge in [0.15, 0.2) is 0 Å². The summed E-state index contributed by atoms with van der Waals surface area (Å²) in [6.45, 7) is 1.83. The van der Waals surface area contributed by atoms with Gasteiger partial charge in [0, 0.05) is 0 Å². The number of hydrogen-bond donors (Lipinski definition) is 1. The standard InChI is InChI=1S/C14H14N2O2/c1-10(15-16-14(17)18-2)12-8-7-11-5-3-4-6-13(11)9-12/h3-9H,1-2H3,(H,16,17)/b15-10-. The molecule has 0 saturated heterocycles. The Morgan fingerprint density at radius 3 is 2.61 bits per heavy atom. The highest BCUT2D eigenvalue weighted by Gasteiger charge is 2.01. The van der Waals surface area contributed by atoms with Crippen molar-refractivity contribution in [2.75, 3.05) is 7.11 Å². The van der Waals surface area contributed by atoms with Crippen LogP contribution in [0.5, 0.6) is 0 Å². The molecule has 0 heterocycles. The average Bonchev–Trinajstić information content (AvgIpc) is 2.43. The average molecular weight is 242 g/mol. The SMILES string of the molecule is COC(=O)N/N=C(/C)c1ccc2ccccc2c1. The Labute approximate surface area is 105 Å². The summed E-state index contributed by atoms with van der Waals surface area (Å²) in [6.07, 6.45) is -0.574. The number of amides is 1. The van der Waals surface area contributed by atoms with Crippen molar-refractivity contribution in [1.82, 2.24) is 5.43 Å². The van der Waals surface area contributed by atoms with E-state index in [4.69, 9.17) is 0 Å². The third-order valence-electron chi connectivity index (χ3n) is 2.67. The maximum Gasteiger partial charge on any atom is 0.427 e. The van der Waals surface area contributed by atoms with Crippen molar-refractivity contribution < 1.29 is 9.53 Å². The summed E-state index contributed by atoms with van der Waals surface area (Å²) in [4.78, 5) is 10.9. The van der Waals surface area contributed by atoms with Crippen LogP contribution in [0.15, 0.2) is 47.6 Å². The lowest BCUT2D eigenvalue weighted by Gasteiger charge is -2.04. The lowest BCUT2D eigenvalue weighted by Crippen LogP contribution is -2.18. The number of rotatable bonds is 2. The Morgan fingerprint density at radius 2 is 1.89 bits per heavy atom. The Hall–Kier alpha value is -2.36. The molecule has 4 heteroatoms. The van der Waals surface area contributed by atoms with E-state index in [1.165, 1.54) is 12.5 Å². The van der Waals surface area contributed by atoms with Crippen LogP contribution in [-0.2, 0) is 4.74 Å². The Balaban J connectivity index is 2.27.